The Labute approximate surface area is 189 Å². The van der Waals surface area contributed by atoms with Gasteiger partial charge < -0.3 is 20.1 Å². The van der Waals surface area contributed by atoms with E-state index in [1.165, 1.54) is 37.7 Å². The van der Waals surface area contributed by atoms with Gasteiger partial charge in [0.05, 0.1) is 30.7 Å². The van der Waals surface area contributed by atoms with Gasteiger partial charge in [-0.3, -0.25) is 9.88 Å². The number of pyridine rings is 2. The fourth-order valence-corrected chi connectivity index (χ4v) is 4.82. The van der Waals surface area contributed by atoms with Crippen LogP contribution in [-0.2, 0) is 11.3 Å². The summed E-state index contributed by atoms with van der Waals surface area (Å²) in [5.41, 5.74) is 5.79. The van der Waals surface area contributed by atoms with Gasteiger partial charge in [-0.2, -0.15) is 0 Å². The zero-order valence-electron chi connectivity index (χ0n) is 18.8. The van der Waals surface area contributed by atoms with Crippen molar-refractivity contribution < 1.29 is 9.84 Å². The molecule has 2 aliphatic rings. The van der Waals surface area contributed by atoms with Crippen molar-refractivity contribution in [1.29, 1.82) is 0 Å². The zero-order valence-corrected chi connectivity index (χ0v) is 18.8. The smallest absolute Gasteiger partial charge is 0.139 e. The van der Waals surface area contributed by atoms with Crippen LogP contribution in [0.15, 0.2) is 30.6 Å². The normalized spacial score (nSPS) is 19.3. The molecule has 0 spiro atoms. The SMILES string of the molecule is CC(O)c1cc2c(NC3CCCCC3)c(-c3ccc(CN4CCOCC4)cn3)cnc2[nH]1. The molecule has 4 heterocycles. The molecular weight excluding hydrogens is 402 g/mol. The second-order valence-corrected chi connectivity index (χ2v) is 9.13. The standard InChI is InChI=1S/C25H33N5O2/c1-17(31)23-13-20-24(28-19-5-3-2-4-6-19)21(15-27-25(20)29-23)22-8-7-18(14-26-22)16-30-9-11-32-12-10-30/h7-8,13-15,17,19,31H,2-6,9-12,16H2,1H3,(H2,27,28,29). The van der Waals surface area contributed by atoms with Crippen LogP contribution in [0.1, 0.15) is 56.4 Å². The molecular formula is C25H33N5O2. The van der Waals surface area contributed by atoms with Crippen LogP contribution in [0.25, 0.3) is 22.3 Å². The number of H-pyrrole nitrogens is 1. The number of nitrogens with zero attached hydrogens (tertiary/aromatic N) is 3. The molecule has 1 atom stereocenters. The molecule has 170 valence electrons. The van der Waals surface area contributed by atoms with Crippen molar-refractivity contribution in [1.82, 2.24) is 19.9 Å². The molecule has 3 aromatic heterocycles. The number of aliphatic hydroxyl groups is 1. The average Bonchev–Trinajstić information content (AvgIpc) is 3.27. The topological polar surface area (TPSA) is 86.3 Å². The number of rotatable bonds is 6. The predicted octanol–water partition coefficient (Wildman–Crippen LogP) is 4.26. The van der Waals surface area contributed by atoms with Crippen molar-refractivity contribution in [2.75, 3.05) is 31.6 Å². The van der Waals surface area contributed by atoms with E-state index in [4.69, 9.17) is 9.72 Å². The number of hydrogen-bond donors (Lipinski definition) is 3. The van der Waals surface area contributed by atoms with Crippen LogP contribution < -0.4 is 5.32 Å². The van der Waals surface area contributed by atoms with Gasteiger partial charge in [-0.05, 0) is 37.5 Å². The van der Waals surface area contributed by atoms with Crippen LogP contribution >= 0.6 is 0 Å². The first-order valence-electron chi connectivity index (χ1n) is 11.9. The molecule has 7 nitrogen and oxygen atoms in total. The van der Waals surface area contributed by atoms with E-state index in [9.17, 15) is 5.11 Å². The van der Waals surface area contributed by atoms with Crippen molar-refractivity contribution in [3.05, 3.63) is 41.9 Å². The molecule has 1 aliphatic heterocycles. The van der Waals surface area contributed by atoms with Gasteiger partial charge >= 0.3 is 0 Å². The molecule has 5 rings (SSSR count). The fourth-order valence-electron chi connectivity index (χ4n) is 4.82. The molecule has 3 aromatic rings. The highest BCUT2D eigenvalue weighted by Crippen LogP contribution is 2.36. The molecule has 1 aliphatic carbocycles. The van der Waals surface area contributed by atoms with Gasteiger partial charge in [-0.25, -0.2) is 4.98 Å². The number of morpholine rings is 1. The van der Waals surface area contributed by atoms with Crippen LogP contribution in [0.3, 0.4) is 0 Å². The van der Waals surface area contributed by atoms with Gasteiger partial charge in [0, 0.05) is 54.7 Å². The lowest BCUT2D eigenvalue weighted by molar-refractivity contribution is 0.0341. The third kappa shape index (κ3) is 4.65. The summed E-state index contributed by atoms with van der Waals surface area (Å²) in [6, 6.07) is 6.75. The van der Waals surface area contributed by atoms with Gasteiger partial charge in [0.2, 0.25) is 0 Å². The number of fused-ring (bicyclic) bond motifs is 1. The molecule has 0 aromatic carbocycles. The number of aromatic nitrogens is 3. The number of aliphatic hydroxyl groups excluding tert-OH is 1. The second-order valence-electron chi connectivity index (χ2n) is 9.13. The number of nitrogens with one attached hydrogen (secondary N) is 2. The van der Waals surface area contributed by atoms with Gasteiger partial charge in [-0.15, -0.1) is 0 Å². The van der Waals surface area contributed by atoms with E-state index in [0.29, 0.717) is 6.04 Å². The first kappa shape index (κ1) is 21.4. The highest BCUT2D eigenvalue weighted by molar-refractivity contribution is 5.98. The monoisotopic (exact) mass is 435 g/mol. The third-order valence-electron chi connectivity index (χ3n) is 6.69. The van der Waals surface area contributed by atoms with E-state index in [1.807, 2.05) is 18.5 Å². The highest BCUT2D eigenvalue weighted by atomic mass is 16.5. The maximum Gasteiger partial charge on any atom is 0.139 e. The summed E-state index contributed by atoms with van der Waals surface area (Å²) < 4.78 is 5.45. The summed E-state index contributed by atoms with van der Waals surface area (Å²) >= 11 is 0. The minimum absolute atomic E-state index is 0.457. The Kier molecular flexibility index (Phi) is 6.39. The number of aromatic amines is 1. The maximum atomic E-state index is 10.1. The van der Waals surface area contributed by atoms with E-state index in [1.54, 1.807) is 6.92 Å². The Hall–Kier alpha value is -2.48. The summed E-state index contributed by atoms with van der Waals surface area (Å²) in [6.45, 7) is 6.22. The van der Waals surface area contributed by atoms with Gasteiger partial charge in [0.25, 0.3) is 0 Å². The van der Waals surface area contributed by atoms with Crippen LogP contribution in [-0.4, -0.2) is 57.3 Å². The van der Waals surface area contributed by atoms with Gasteiger partial charge in [-0.1, -0.05) is 25.3 Å². The summed E-state index contributed by atoms with van der Waals surface area (Å²) in [7, 11) is 0. The van der Waals surface area contributed by atoms with Crippen molar-refractivity contribution in [3.63, 3.8) is 0 Å². The summed E-state index contributed by atoms with van der Waals surface area (Å²) in [6.07, 6.45) is 9.54. The van der Waals surface area contributed by atoms with E-state index in [0.717, 1.165) is 66.5 Å². The summed E-state index contributed by atoms with van der Waals surface area (Å²) in [5.74, 6) is 0. The first-order valence-corrected chi connectivity index (χ1v) is 11.9. The molecule has 0 bridgehead atoms. The molecule has 1 unspecified atom stereocenters. The Bertz CT molecular complexity index is 1030. The lowest BCUT2D eigenvalue weighted by atomic mass is 9.94. The molecule has 3 N–H and O–H groups in total. The number of hydrogen-bond acceptors (Lipinski definition) is 6. The quantitative estimate of drug-likeness (QED) is 0.537. The van der Waals surface area contributed by atoms with Crippen LogP contribution in [0.4, 0.5) is 5.69 Å². The zero-order chi connectivity index (χ0) is 21.9. The first-order chi connectivity index (χ1) is 15.7. The Balaban J connectivity index is 1.46. The minimum atomic E-state index is -0.562. The van der Waals surface area contributed by atoms with E-state index in [2.05, 4.69) is 32.3 Å². The predicted molar refractivity (Wildman–Crippen MR) is 127 cm³/mol. The lowest BCUT2D eigenvalue weighted by Crippen LogP contribution is -2.35. The summed E-state index contributed by atoms with van der Waals surface area (Å²) in [5, 5.41) is 14.9. The van der Waals surface area contributed by atoms with Crippen LogP contribution in [0, 0.1) is 0 Å². The molecule has 0 amide bonds. The molecule has 7 heteroatoms. The van der Waals surface area contributed by atoms with Crippen LogP contribution in [0.5, 0.6) is 0 Å². The minimum Gasteiger partial charge on any atom is -0.387 e. The molecule has 32 heavy (non-hydrogen) atoms. The van der Waals surface area contributed by atoms with Crippen molar-refractivity contribution in [2.45, 2.75) is 57.7 Å². The van der Waals surface area contributed by atoms with E-state index < -0.39 is 6.10 Å². The second kappa shape index (κ2) is 9.57. The molecule has 1 saturated carbocycles. The van der Waals surface area contributed by atoms with E-state index in [-0.39, 0.29) is 0 Å². The van der Waals surface area contributed by atoms with E-state index >= 15 is 0 Å². The highest BCUT2D eigenvalue weighted by Gasteiger charge is 2.20. The third-order valence-corrected chi connectivity index (χ3v) is 6.69. The largest absolute Gasteiger partial charge is 0.387 e. The van der Waals surface area contributed by atoms with Gasteiger partial charge in [0.15, 0.2) is 0 Å². The van der Waals surface area contributed by atoms with Gasteiger partial charge in [0.1, 0.15) is 5.65 Å². The molecule has 1 saturated heterocycles. The number of anilines is 1. The number of ether oxygens (including phenoxy) is 1. The van der Waals surface area contributed by atoms with Crippen molar-refractivity contribution >= 4 is 16.7 Å². The van der Waals surface area contributed by atoms with Crippen molar-refractivity contribution in [2.24, 2.45) is 0 Å². The lowest BCUT2D eigenvalue weighted by Gasteiger charge is -2.26. The molecule has 2 fully saturated rings. The Morgan fingerprint density at radius 2 is 1.97 bits per heavy atom. The van der Waals surface area contributed by atoms with Crippen LogP contribution in [0.2, 0.25) is 0 Å². The Morgan fingerprint density at radius 3 is 2.69 bits per heavy atom. The molecule has 0 radical (unpaired) electrons. The Morgan fingerprint density at radius 1 is 1.16 bits per heavy atom. The van der Waals surface area contributed by atoms with Crippen molar-refractivity contribution in [3.8, 4) is 11.3 Å². The summed E-state index contributed by atoms with van der Waals surface area (Å²) in [4.78, 5) is 15.2. The maximum absolute atomic E-state index is 10.1. The fraction of sp³-hybridized carbons (Fsp3) is 0.520. The average molecular weight is 436 g/mol.